The summed E-state index contributed by atoms with van der Waals surface area (Å²) in [6.45, 7) is 1.56. The maximum absolute atomic E-state index is 12.3. The molecule has 0 bridgehead atoms. The summed E-state index contributed by atoms with van der Waals surface area (Å²) < 4.78 is 5.28. The van der Waals surface area contributed by atoms with E-state index >= 15 is 0 Å². The van der Waals surface area contributed by atoms with Gasteiger partial charge in [0.15, 0.2) is 6.10 Å². The van der Waals surface area contributed by atoms with E-state index in [4.69, 9.17) is 4.74 Å². The van der Waals surface area contributed by atoms with E-state index in [9.17, 15) is 19.2 Å². The summed E-state index contributed by atoms with van der Waals surface area (Å²) in [7, 11) is 0. The molecule has 0 radical (unpaired) electrons. The van der Waals surface area contributed by atoms with E-state index in [0.717, 1.165) is 30.6 Å². The maximum Gasteiger partial charge on any atom is 0.338 e. The van der Waals surface area contributed by atoms with Crippen molar-refractivity contribution in [3.05, 3.63) is 29.8 Å². The molecule has 1 aromatic carbocycles. The molecule has 0 aromatic heterocycles. The average molecular weight is 386 g/mol. The average Bonchev–Trinajstić information content (AvgIpc) is 2.86. The number of rotatable bonds is 5. The molecule has 1 saturated carbocycles. The summed E-state index contributed by atoms with van der Waals surface area (Å²) in [5.74, 6) is -1.40. The van der Waals surface area contributed by atoms with E-state index in [1.807, 2.05) is 0 Å². The number of carbonyl (C=O) groups excluding carboxylic acids is 4. The molecule has 1 saturated heterocycles. The number of nitrogens with zero attached hydrogens (tertiary/aromatic N) is 1. The van der Waals surface area contributed by atoms with Crippen LogP contribution in [0, 0.1) is 0 Å². The number of anilines is 1. The summed E-state index contributed by atoms with van der Waals surface area (Å²) in [5.41, 5.74) is 0.695. The van der Waals surface area contributed by atoms with Crippen LogP contribution >= 0.6 is 0 Å². The zero-order valence-electron chi connectivity index (χ0n) is 16.1. The molecule has 7 nitrogen and oxygen atoms in total. The fraction of sp³-hybridized carbons (Fsp3) is 0.524. The molecule has 0 spiro atoms. The van der Waals surface area contributed by atoms with Gasteiger partial charge in [-0.1, -0.05) is 25.7 Å². The van der Waals surface area contributed by atoms with Crippen LogP contribution in [0.4, 0.5) is 5.69 Å². The van der Waals surface area contributed by atoms with Crippen molar-refractivity contribution in [1.29, 1.82) is 0 Å². The van der Waals surface area contributed by atoms with E-state index < -0.39 is 12.1 Å². The standard InChI is InChI=1S/C21H26N2O5/c1-14(20(26)22-16-6-4-2-3-5-7-16)28-21(27)15-8-10-17(11-9-15)23-18(24)12-13-19(23)25/h8-11,14,16H,2-7,12-13H2,1H3,(H,22,26)/t14-/m0/s1. The minimum absolute atomic E-state index is 0.144. The SMILES string of the molecule is C[C@H](OC(=O)c1ccc(N2C(=O)CCC2=O)cc1)C(=O)NC1CCCCCC1. The van der Waals surface area contributed by atoms with Crippen molar-refractivity contribution in [2.24, 2.45) is 0 Å². The van der Waals surface area contributed by atoms with Gasteiger partial charge in [-0.25, -0.2) is 4.79 Å². The number of carbonyl (C=O) groups is 4. The number of amides is 3. The number of esters is 1. The van der Waals surface area contributed by atoms with E-state index in [1.165, 1.54) is 37.1 Å². The first-order valence-corrected chi connectivity index (χ1v) is 9.93. The Kier molecular flexibility index (Phi) is 6.44. The molecule has 7 heteroatoms. The fourth-order valence-corrected chi connectivity index (χ4v) is 3.64. The van der Waals surface area contributed by atoms with Crippen molar-refractivity contribution in [1.82, 2.24) is 5.32 Å². The third-order valence-electron chi connectivity index (χ3n) is 5.27. The molecular formula is C21H26N2O5. The minimum atomic E-state index is -0.892. The second-order valence-corrected chi connectivity index (χ2v) is 7.41. The Labute approximate surface area is 164 Å². The number of nitrogens with one attached hydrogen (secondary N) is 1. The van der Waals surface area contributed by atoms with Crippen LogP contribution in [0.2, 0.25) is 0 Å². The normalized spacial score (nSPS) is 19.2. The molecular weight excluding hydrogens is 360 g/mol. The molecule has 150 valence electrons. The number of imide groups is 1. The Morgan fingerprint density at radius 2 is 1.57 bits per heavy atom. The van der Waals surface area contributed by atoms with Gasteiger partial charge >= 0.3 is 5.97 Å². The van der Waals surface area contributed by atoms with Crippen LogP contribution in [0.15, 0.2) is 24.3 Å². The Hall–Kier alpha value is -2.70. The lowest BCUT2D eigenvalue weighted by Crippen LogP contribution is -2.41. The Morgan fingerprint density at radius 1 is 1.00 bits per heavy atom. The number of benzene rings is 1. The van der Waals surface area contributed by atoms with Crippen molar-refractivity contribution < 1.29 is 23.9 Å². The minimum Gasteiger partial charge on any atom is -0.449 e. The summed E-state index contributed by atoms with van der Waals surface area (Å²) >= 11 is 0. The predicted octanol–water partition coefficient (Wildman–Crippen LogP) is 2.72. The third kappa shape index (κ3) is 4.77. The van der Waals surface area contributed by atoms with Gasteiger partial charge in [0.05, 0.1) is 11.3 Å². The van der Waals surface area contributed by atoms with Gasteiger partial charge in [-0.05, 0) is 44.0 Å². The van der Waals surface area contributed by atoms with Gasteiger partial charge in [0.25, 0.3) is 5.91 Å². The highest BCUT2D eigenvalue weighted by atomic mass is 16.5. The zero-order chi connectivity index (χ0) is 20.1. The monoisotopic (exact) mass is 386 g/mol. The van der Waals surface area contributed by atoms with Crippen molar-refractivity contribution in [2.75, 3.05) is 4.90 Å². The summed E-state index contributed by atoms with van der Waals surface area (Å²) in [5, 5.41) is 2.97. The third-order valence-corrected chi connectivity index (χ3v) is 5.27. The van der Waals surface area contributed by atoms with Gasteiger partial charge in [-0.15, -0.1) is 0 Å². The van der Waals surface area contributed by atoms with E-state index in [0.29, 0.717) is 5.69 Å². The van der Waals surface area contributed by atoms with Crippen molar-refractivity contribution in [2.45, 2.75) is 70.4 Å². The summed E-state index contributed by atoms with van der Waals surface area (Å²) in [6, 6.07) is 6.20. The highest BCUT2D eigenvalue weighted by Crippen LogP contribution is 2.23. The second-order valence-electron chi connectivity index (χ2n) is 7.41. The van der Waals surface area contributed by atoms with Gasteiger partial charge in [-0.2, -0.15) is 0 Å². The Balaban J connectivity index is 1.55. The second kappa shape index (κ2) is 8.99. The molecule has 0 unspecified atom stereocenters. The first-order valence-electron chi connectivity index (χ1n) is 9.93. The number of ether oxygens (including phenoxy) is 1. The highest BCUT2D eigenvalue weighted by molar-refractivity contribution is 6.19. The lowest BCUT2D eigenvalue weighted by molar-refractivity contribution is -0.130. The molecule has 3 amide bonds. The predicted molar refractivity (Wildman–Crippen MR) is 103 cm³/mol. The molecule has 2 fully saturated rings. The summed E-state index contributed by atoms with van der Waals surface area (Å²) in [6.07, 6.45) is 6.04. The van der Waals surface area contributed by atoms with Gasteiger partial charge < -0.3 is 10.1 Å². The van der Waals surface area contributed by atoms with Crippen molar-refractivity contribution >= 4 is 29.4 Å². The Bertz CT molecular complexity index is 735. The molecule has 28 heavy (non-hydrogen) atoms. The lowest BCUT2D eigenvalue weighted by atomic mass is 10.1. The van der Waals surface area contributed by atoms with Gasteiger partial charge in [0.1, 0.15) is 0 Å². The van der Waals surface area contributed by atoms with Gasteiger partial charge in [0.2, 0.25) is 11.8 Å². The van der Waals surface area contributed by atoms with Crippen LogP contribution in [0.5, 0.6) is 0 Å². The van der Waals surface area contributed by atoms with E-state index in [2.05, 4.69) is 5.32 Å². The highest BCUT2D eigenvalue weighted by Gasteiger charge is 2.30. The fourth-order valence-electron chi connectivity index (χ4n) is 3.64. The van der Waals surface area contributed by atoms with Crippen LogP contribution < -0.4 is 10.2 Å². The maximum atomic E-state index is 12.3. The quantitative estimate of drug-likeness (QED) is 0.477. The van der Waals surface area contributed by atoms with E-state index in [-0.39, 0.29) is 42.2 Å². The van der Waals surface area contributed by atoms with Gasteiger partial charge in [0, 0.05) is 18.9 Å². The zero-order valence-corrected chi connectivity index (χ0v) is 16.1. The topological polar surface area (TPSA) is 92.8 Å². The Morgan fingerprint density at radius 3 is 2.14 bits per heavy atom. The molecule has 1 aliphatic heterocycles. The van der Waals surface area contributed by atoms with Crippen molar-refractivity contribution in [3.63, 3.8) is 0 Å². The van der Waals surface area contributed by atoms with E-state index in [1.54, 1.807) is 6.92 Å². The first-order chi connectivity index (χ1) is 13.5. The van der Waals surface area contributed by atoms with Crippen LogP contribution in [0.3, 0.4) is 0 Å². The smallest absolute Gasteiger partial charge is 0.338 e. The molecule has 2 aliphatic rings. The summed E-state index contributed by atoms with van der Waals surface area (Å²) in [4.78, 5) is 49.3. The molecule has 3 rings (SSSR count). The van der Waals surface area contributed by atoms with Crippen LogP contribution in [-0.2, 0) is 19.1 Å². The molecule has 1 N–H and O–H groups in total. The molecule has 1 heterocycles. The molecule has 1 atom stereocenters. The van der Waals surface area contributed by atoms with Crippen LogP contribution in [0.25, 0.3) is 0 Å². The first kappa shape index (κ1) is 20.0. The lowest BCUT2D eigenvalue weighted by Gasteiger charge is -2.20. The van der Waals surface area contributed by atoms with Crippen LogP contribution in [0.1, 0.15) is 68.6 Å². The molecule has 1 aromatic rings. The largest absolute Gasteiger partial charge is 0.449 e. The number of hydrogen-bond donors (Lipinski definition) is 1. The van der Waals surface area contributed by atoms with Crippen LogP contribution in [-0.4, -0.2) is 35.8 Å². The molecule has 1 aliphatic carbocycles. The van der Waals surface area contributed by atoms with Gasteiger partial charge in [-0.3, -0.25) is 19.3 Å². The van der Waals surface area contributed by atoms with Crippen molar-refractivity contribution in [3.8, 4) is 0 Å². The number of hydrogen-bond acceptors (Lipinski definition) is 5.